The lowest BCUT2D eigenvalue weighted by molar-refractivity contribution is 0.445. The van der Waals surface area contributed by atoms with Crippen molar-refractivity contribution >= 4 is 11.6 Å². The van der Waals surface area contributed by atoms with E-state index in [4.69, 9.17) is 0 Å². The van der Waals surface area contributed by atoms with E-state index < -0.39 is 0 Å². The maximum absolute atomic E-state index is 10.4. The molecule has 0 aliphatic heterocycles. The number of allylic oxidation sites excluding steroid dienone is 1. The molecular weight excluding hydrogens is 328 g/mol. The van der Waals surface area contributed by atoms with Crippen LogP contribution in [0.2, 0.25) is 0 Å². The smallest absolute Gasteiger partial charge is 0.123 e. The van der Waals surface area contributed by atoms with Gasteiger partial charge in [-0.25, -0.2) is 0 Å². The van der Waals surface area contributed by atoms with Gasteiger partial charge in [0, 0.05) is 17.5 Å². The zero-order valence-corrected chi connectivity index (χ0v) is 13.9. The summed E-state index contributed by atoms with van der Waals surface area (Å²) in [6.07, 6.45) is 2.66. The van der Waals surface area contributed by atoms with Crippen molar-refractivity contribution in [3.05, 3.63) is 82.9 Å². The fourth-order valence-electron chi connectivity index (χ4n) is 3.59. The second-order valence-electron chi connectivity index (χ2n) is 6.54. The first kappa shape index (κ1) is 16.1. The van der Waals surface area contributed by atoms with Crippen LogP contribution in [0.3, 0.4) is 0 Å². The summed E-state index contributed by atoms with van der Waals surface area (Å²) in [5.41, 5.74) is 4.50. The van der Waals surface area contributed by atoms with Crippen molar-refractivity contribution in [2.75, 3.05) is 0 Å². The van der Waals surface area contributed by atoms with Gasteiger partial charge in [-0.2, -0.15) is 0 Å². The number of phenols is 4. The number of hydrogen-bond donors (Lipinski definition) is 4. The highest BCUT2D eigenvalue weighted by Crippen LogP contribution is 2.50. The molecule has 0 fully saturated rings. The minimum atomic E-state index is -0.0606. The quantitative estimate of drug-likeness (QED) is 0.547. The summed E-state index contributed by atoms with van der Waals surface area (Å²) >= 11 is 0. The average Bonchev–Trinajstić information content (AvgIpc) is 2.96. The number of rotatable bonds is 2. The van der Waals surface area contributed by atoms with Crippen molar-refractivity contribution in [1.29, 1.82) is 0 Å². The molecule has 26 heavy (non-hydrogen) atoms. The lowest BCUT2D eigenvalue weighted by Gasteiger charge is -2.13. The fraction of sp³-hybridized carbons (Fsp3) is 0.0909. The summed E-state index contributed by atoms with van der Waals surface area (Å²) in [5, 5.41) is 39.4. The lowest BCUT2D eigenvalue weighted by atomic mass is 9.92. The third-order valence-electron chi connectivity index (χ3n) is 4.79. The summed E-state index contributed by atoms with van der Waals surface area (Å²) in [4.78, 5) is 0. The van der Waals surface area contributed by atoms with Gasteiger partial charge in [0.05, 0.1) is 0 Å². The molecule has 4 N–H and O–H groups in total. The van der Waals surface area contributed by atoms with Gasteiger partial charge in [-0.3, -0.25) is 0 Å². The molecule has 1 aliphatic rings. The molecule has 4 rings (SSSR count). The Labute approximate surface area is 150 Å². The number of aromatic hydroxyl groups is 4. The van der Waals surface area contributed by atoms with Gasteiger partial charge >= 0.3 is 0 Å². The molecule has 0 aromatic heterocycles. The van der Waals surface area contributed by atoms with E-state index in [9.17, 15) is 20.4 Å². The van der Waals surface area contributed by atoms with Gasteiger partial charge in [-0.05, 0) is 59.0 Å². The van der Waals surface area contributed by atoms with Gasteiger partial charge in [0.15, 0.2) is 0 Å². The van der Waals surface area contributed by atoms with Crippen molar-refractivity contribution < 1.29 is 20.4 Å². The van der Waals surface area contributed by atoms with E-state index in [1.54, 1.807) is 30.3 Å². The molecule has 0 saturated heterocycles. The molecule has 130 valence electrons. The molecule has 0 bridgehead atoms. The van der Waals surface area contributed by atoms with E-state index in [1.165, 1.54) is 6.07 Å². The highest BCUT2D eigenvalue weighted by molar-refractivity contribution is 5.88. The Morgan fingerprint density at radius 1 is 0.731 bits per heavy atom. The predicted octanol–water partition coefficient (Wildman–Crippen LogP) is 4.59. The highest BCUT2D eigenvalue weighted by atomic mass is 16.3. The Bertz CT molecular complexity index is 986. The first-order chi connectivity index (χ1) is 12.5. The minimum absolute atomic E-state index is 0.0178. The number of hydrogen-bond acceptors (Lipinski definition) is 4. The first-order valence-corrected chi connectivity index (χ1v) is 8.36. The Morgan fingerprint density at radius 2 is 1.35 bits per heavy atom. The van der Waals surface area contributed by atoms with E-state index in [-0.39, 0.29) is 28.9 Å². The molecule has 0 radical (unpaired) electrons. The van der Waals surface area contributed by atoms with Crippen molar-refractivity contribution in [2.45, 2.75) is 12.3 Å². The average molecular weight is 346 g/mol. The molecule has 0 unspecified atom stereocenters. The van der Waals surface area contributed by atoms with Crippen LogP contribution >= 0.6 is 0 Å². The van der Waals surface area contributed by atoms with E-state index in [2.05, 4.69) is 0 Å². The maximum Gasteiger partial charge on any atom is 0.123 e. The lowest BCUT2D eigenvalue weighted by Crippen LogP contribution is -1.96. The van der Waals surface area contributed by atoms with Crippen LogP contribution in [0.5, 0.6) is 23.0 Å². The molecule has 0 amide bonds. The van der Waals surface area contributed by atoms with Crippen LogP contribution in [0.25, 0.3) is 11.6 Å². The monoisotopic (exact) mass is 346 g/mol. The Hall–Kier alpha value is -3.40. The molecule has 3 aromatic rings. The molecule has 1 aliphatic carbocycles. The largest absolute Gasteiger partial charge is 0.508 e. The van der Waals surface area contributed by atoms with Crippen molar-refractivity contribution in [1.82, 2.24) is 0 Å². The van der Waals surface area contributed by atoms with Crippen LogP contribution in [-0.2, 0) is 0 Å². The first-order valence-electron chi connectivity index (χ1n) is 8.36. The van der Waals surface area contributed by atoms with Crippen LogP contribution in [0.15, 0.2) is 60.7 Å². The molecule has 0 saturated carbocycles. The molecule has 4 heteroatoms. The third-order valence-corrected chi connectivity index (χ3v) is 4.79. The zero-order valence-electron chi connectivity index (χ0n) is 13.9. The van der Waals surface area contributed by atoms with Gasteiger partial charge in [0.1, 0.15) is 23.0 Å². The summed E-state index contributed by atoms with van der Waals surface area (Å²) in [6, 6.07) is 16.9. The SMILES string of the molecule is Oc1ccc(/C=C2\C[C@H](c3ccc(O)cc3)c3c(O)cc(O)cc32)cc1. The number of fused-ring (bicyclic) bond motifs is 1. The minimum Gasteiger partial charge on any atom is -0.508 e. The van der Waals surface area contributed by atoms with Gasteiger partial charge in [0.2, 0.25) is 0 Å². The topological polar surface area (TPSA) is 80.9 Å². The summed E-state index contributed by atoms with van der Waals surface area (Å²) < 4.78 is 0. The van der Waals surface area contributed by atoms with Crippen molar-refractivity contribution in [3.63, 3.8) is 0 Å². The fourth-order valence-corrected chi connectivity index (χ4v) is 3.59. The Morgan fingerprint density at radius 3 is 2.00 bits per heavy atom. The highest BCUT2D eigenvalue weighted by Gasteiger charge is 2.31. The van der Waals surface area contributed by atoms with Crippen LogP contribution in [0.4, 0.5) is 0 Å². The Balaban J connectivity index is 1.84. The molecule has 1 atom stereocenters. The third kappa shape index (κ3) is 2.86. The summed E-state index contributed by atoms with van der Waals surface area (Å²) in [6.45, 7) is 0. The second kappa shape index (κ2) is 6.15. The molecule has 0 heterocycles. The summed E-state index contributed by atoms with van der Waals surface area (Å²) in [5.74, 6) is 0.420. The van der Waals surface area contributed by atoms with Crippen LogP contribution in [0.1, 0.15) is 34.6 Å². The van der Waals surface area contributed by atoms with Gasteiger partial charge in [-0.15, -0.1) is 0 Å². The van der Waals surface area contributed by atoms with E-state index in [0.29, 0.717) is 6.42 Å². The van der Waals surface area contributed by atoms with Crippen LogP contribution in [-0.4, -0.2) is 20.4 Å². The maximum atomic E-state index is 10.4. The van der Waals surface area contributed by atoms with E-state index in [1.807, 2.05) is 30.3 Å². The zero-order chi connectivity index (χ0) is 18.3. The molecule has 3 aromatic carbocycles. The Kier molecular flexibility index (Phi) is 3.81. The normalized spacial score (nSPS) is 17.4. The molecular formula is C22H18O4. The van der Waals surface area contributed by atoms with Gasteiger partial charge < -0.3 is 20.4 Å². The van der Waals surface area contributed by atoms with Crippen LogP contribution < -0.4 is 0 Å². The predicted molar refractivity (Wildman–Crippen MR) is 100 cm³/mol. The molecule has 4 nitrogen and oxygen atoms in total. The van der Waals surface area contributed by atoms with Gasteiger partial charge in [0.25, 0.3) is 0 Å². The standard InChI is InChI=1S/C22H18O4/c23-16-5-1-13(2-6-16)9-15-10-19(14-3-7-17(24)8-4-14)22-20(15)11-18(25)12-21(22)26/h1-9,11-12,19,23-26H,10H2/b15-9+/t19-/m1/s1. The number of phenolic OH excluding ortho intramolecular Hbond substituents is 4. The van der Waals surface area contributed by atoms with E-state index in [0.717, 1.165) is 27.8 Å². The molecule has 0 spiro atoms. The van der Waals surface area contributed by atoms with Crippen LogP contribution in [0, 0.1) is 0 Å². The van der Waals surface area contributed by atoms with Gasteiger partial charge in [-0.1, -0.05) is 30.3 Å². The number of benzene rings is 3. The van der Waals surface area contributed by atoms with E-state index >= 15 is 0 Å². The van der Waals surface area contributed by atoms with Crippen molar-refractivity contribution in [2.24, 2.45) is 0 Å². The summed E-state index contributed by atoms with van der Waals surface area (Å²) in [7, 11) is 0. The second-order valence-corrected chi connectivity index (χ2v) is 6.54. The van der Waals surface area contributed by atoms with Crippen molar-refractivity contribution in [3.8, 4) is 23.0 Å².